The molecule has 0 saturated carbocycles. The van der Waals surface area contributed by atoms with Gasteiger partial charge in [-0.25, -0.2) is 4.79 Å². The first-order chi connectivity index (χ1) is 10.1. The number of para-hydroxylation sites is 1. The number of carbonyl (C=O) groups excluding carboxylic acids is 1. The second kappa shape index (κ2) is 7.44. The van der Waals surface area contributed by atoms with E-state index in [9.17, 15) is 4.79 Å². The first kappa shape index (κ1) is 15.8. The number of benzene rings is 2. The number of rotatable bonds is 4. The third kappa shape index (κ3) is 4.45. The third-order valence-electron chi connectivity index (χ3n) is 3.14. The van der Waals surface area contributed by atoms with Crippen molar-refractivity contribution in [3.8, 4) is 0 Å². The lowest BCUT2D eigenvalue weighted by Gasteiger charge is -2.16. The molecule has 2 aromatic carbocycles. The summed E-state index contributed by atoms with van der Waals surface area (Å²) >= 11 is 5.82. The SMILES string of the molecule is CCP(C)c1ccccc1NC(=O)Nc1ccc(Cl)cc1. The van der Waals surface area contributed by atoms with Crippen molar-refractivity contribution in [3.63, 3.8) is 0 Å². The van der Waals surface area contributed by atoms with Crippen molar-refractivity contribution in [2.45, 2.75) is 6.92 Å². The van der Waals surface area contributed by atoms with Gasteiger partial charge in [0.25, 0.3) is 0 Å². The average Bonchev–Trinajstić information content (AvgIpc) is 2.49. The summed E-state index contributed by atoms with van der Waals surface area (Å²) in [5, 5.41) is 7.58. The maximum absolute atomic E-state index is 12.1. The minimum absolute atomic E-state index is 0.246. The number of anilines is 2. The third-order valence-corrected chi connectivity index (χ3v) is 5.55. The van der Waals surface area contributed by atoms with Crippen LogP contribution in [-0.2, 0) is 0 Å². The molecular formula is C16H18ClN2OP. The number of urea groups is 1. The fraction of sp³-hybridized carbons (Fsp3) is 0.188. The van der Waals surface area contributed by atoms with Crippen molar-refractivity contribution in [1.29, 1.82) is 0 Å². The molecule has 0 aliphatic heterocycles. The van der Waals surface area contributed by atoms with Crippen molar-refractivity contribution in [1.82, 2.24) is 0 Å². The Bertz CT molecular complexity index is 616. The maximum Gasteiger partial charge on any atom is 0.323 e. The molecule has 0 radical (unpaired) electrons. The van der Waals surface area contributed by atoms with Crippen LogP contribution in [0.4, 0.5) is 16.2 Å². The fourth-order valence-electron chi connectivity index (χ4n) is 1.90. The van der Waals surface area contributed by atoms with E-state index < -0.39 is 0 Å². The van der Waals surface area contributed by atoms with E-state index in [1.165, 1.54) is 5.30 Å². The number of hydrogen-bond acceptors (Lipinski definition) is 1. The van der Waals surface area contributed by atoms with Crippen molar-refractivity contribution in [3.05, 3.63) is 53.6 Å². The summed E-state index contributed by atoms with van der Waals surface area (Å²) in [5.41, 5.74) is 1.59. The fourth-order valence-corrected chi connectivity index (χ4v) is 3.25. The van der Waals surface area contributed by atoms with Gasteiger partial charge in [-0.1, -0.05) is 44.6 Å². The van der Waals surface area contributed by atoms with E-state index in [0.717, 1.165) is 11.8 Å². The van der Waals surface area contributed by atoms with Crippen LogP contribution in [0.1, 0.15) is 6.92 Å². The number of amides is 2. The highest BCUT2D eigenvalue weighted by Gasteiger charge is 2.10. The van der Waals surface area contributed by atoms with Crippen molar-refractivity contribution in [2.24, 2.45) is 0 Å². The Morgan fingerprint density at radius 3 is 2.43 bits per heavy atom. The van der Waals surface area contributed by atoms with Gasteiger partial charge in [0.15, 0.2) is 0 Å². The topological polar surface area (TPSA) is 41.1 Å². The molecule has 0 bridgehead atoms. The van der Waals surface area contributed by atoms with Crippen LogP contribution >= 0.6 is 19.5 Å². The molecule has 2 amide bonds. The molecule has 2 rings (SSSR count). The first-order valence-electron chi connectivity index (χ1n) is 6.74. The van der Waals surface area contributed by atoms with Crippen LogP contribution in [0.2, 0.25) is 5.02 Å². The quantitative estimate of drug-likeness (QED) is 0.785. The van der Waals surface area contributed by atoms with Crippen LogP contribution in [0, 0.1) is 0 Å². The van der Waals surface area contributed by atoms with Gasteiger partial charge in [0.05, 0.1) is 5.69 Å². The highest BCUT2D eigenvalue weighted by Crippen LogP contribution is 2.31. The smallest absolute Gasteiger partial charge is 0.308 e. The maximum atomic E-state index is 12.1. The Morgan fingerprint density at radius 1 is 1.10 bits per heavy atom. The molecule has 0 fully saturated rings. The molecule has 0 aliphatic rings. The predicted octanol–water partition coefficient (Wildman–Crippen LogP) is 4.74. The second-order valence-electron chi connectivity index (χ2n) is 4.62. The van der Waals surface area contributed by atoms with Crippen molar-refractivity contribution in [2.75, 3.05) is 23.5 Å². The molecular weight excluding hydrogens is 303 g/mol. The Morgan fingerprint density at radius 2 is 1.76 bits per heavy atom. The van der Waals surface area contributed by atoms with Gasteiger partial charge in [-0.2, -0.15) is 0 Å². The largest absolute Gasteiger partial charge is 0.323 e. The van der Waals surface area contributed by atoms with Crippen LogP contribution in [0.3, 0.4) is 0 Å². The van der Waals surface area contributed by atoms with Crippen LogP contribution in [0.15, 0.2) is 48.5 Å². The van der Waals surface area contributed by atoms with Gasteiger partial charge >= 0.3 is 6.03 Å². The highest BCUT2D eigenvalue weighted by molar-refractivity contribution is 7.65. The van der Waals surface area contributed by atoms with Gasteiger partial charge in [-0.15, -0.1) is 0 Å². The van der Waals surface area contributed by atoms with Gasteiger partial charge in [0, 0.05) is 10.7 Å². The minimum Gasteiger partial charge on any atom is -0.308 e. The lowest BCUT2D eigenvalue weighted by atomic mass is 10.3. The highest BCUT2D eigenvalue weighted by atomic mass is 35.5. The zero-order chi connectivity index (χ0) is 15.2. The molecule has 110 valence electrons. The molecule has 21 heavy (non-hydrogen) atoms. The van der Waals surface area contributed by atoms with E-state index in [1.54, 1.807) is 24.3 Å². The van der Waals surface area contributed by atoms with Gasteiger partial charge in [0.1, 0.15) is 0 Å². The molecule has 0 aromatic heterocycles. The molecule has 2 aromatic rings. The van der Waals surface area contributed by atoms with Gasteiger partial charge in [0.2, 0.25) is 0 Å². The predicted molar refractivity (Wildman–Crippen MR) is 93.6 cm³/mol. The molecule has 0 spiro atoms. The normalized spacial score (nSPS) is 11.8. The molecule has 0 heterocycles. The van der Waals surface area contributed by atoms with Crippen molar-refractivity contribution < 1.29 is 4.79 Å². The van der Waals surface area contributed by atoms with Gasteiger partial charge < -0.3 is 10.6 Å². The first-order valence-corrected chi connectivity index (χ1v) is 9.09. The minimum atomic E-state index is -0.248. The molecule has 5 heteroatoms. The standard InChI is InChI=1S/C16H18ClN2OP/c1-3-21(2)15-7-5-4-6-14(15)19-16(20)18-13-10-8-12(17)9-11-13/h4-11H,3H2,1-2H3,(H2,18,19,20). The Hall–Kier alpha value is -1.57. The molecule has 3 nitrogen and oxygen atoms in total. The average molecular weight is 321 g/mol. The summed E-state index contributed by atoms with van der Waals surface area (Å²) in [4.78, 5) is 12.1. The molecule has 0 aliphatic carbocycles. The summed E-state index contributed by atoms with van der Waals surface area (Å²) in [7, 11) is -0.248. The number of carbonyl (C=O) groups is 1. The summed E-state index contributed by atoms with van der Waals surface area (Å²) in [5.74, 6) is 0. The van der Waals surface area contributed by atoms with E-state index >= 15 is 0 Å². The number of halogens is 1. The zero-order valence-corrected chi connectivity index (χ0v) is 13.7. The zero-order valence-electron chi connectivity index (χ0n) is 12.1. The lowest BCUT2D eigenvalue weighted by molar-refractivity contribution is 0.262. The number of hydrogen-bond donors (Lipinski definition) is 2. The molecule has 2 N–H and O–H groups in total. The molecule has 1 atom stereocenters. The Balaban J connectivity index is 2.07. The summed E-state index contributed by atoms with van der Waals surface area (Å²) in [6.07, 6.45) is 1.09. The van der Waals surface area contributed by atoms with E-state index in [2.05, 4.69) is 30.3 Å². The summed E-state index contributed by atoms with van der Waals surface area (Å²) < 4.78 is 0. The van der Waals surface area contributed by atoms with E-state index in [1.807, 2.05) is 18.2 Å². The van der Waals surface area contributed by atoms with Crippen LogP contribution in [0.25, 0.3) is 0 Å². The summed E-state index contributed by atoms with van der Waals surface area (Å²) in [6.45, 7) is 4.38. The van der Waals surface area contributed by atoms with Crippen LogP contribution in [-0.4, -0.2) is 18.9 Å². The van der Waals surface area contributed by atoms with Crippen molar-refractivity contribution >= 4 is 42.2 Å². The van der Waals surface area contributed by atoms with Gasteiger partial charge in [-0.05, 0) is 48.5 Å². The lowest BCUT2D eigenvalue weighted by Crippen LogP contribution is -2.23. The van der Waals surface area contributed by atoms with Gasteiger partial charge in [-0.3, -0.25) is 0 Å². The van der Waals surface area contributed by atoms with E-state index in [4.69, 9.17) is 11.6 Å². The second-order valence-corrected chi connectivity index (χ2v) is 7.56. The van der Waals surface area contributed by atoms with E-state index in [0.29, 0.717) is 10.7 Å². The molecule has 0 saturated heterocycles. The Labute approximate surface area is 131 Å². The van der Waals surface area contributed by atoms with Crippen LogP contribution < -0.4 is 15.9 Å². The molecule has 1 unspecified atom stereocenters. The monoisotopic (exact) mass is 320 g/mol. The van der Waals surface area contributed by atoms with E-state index in [-0.39, 0.29) is 14.0 Å². The van der Waals surface area contributed by atoms with Crippen LogP contribution in [0.5, 0.6) is 0 Å². The Kier molecular flexibility index (Phi) is 5.60. The summed E-state index contributed by atoms with van der Waals surface area (Å²) in [6, 6.07) is 14.7. The number of nitrogens with one attached hydrogen (secondary N) is 2.